The highest BCUT2D eigenvalue weighted by molar-refractivity contribution is 9.10. The van der Waals surface area contributed by atoms with E-state index in [2.05, 4.69) is 40.0 Å². The van der Waals surface area contributed by atoms with Crippen LogP contribution in [0, 0.1) is 0 Å². The van der Waals surface area contributed by atoms with Gasteiger partial charge in [0.05, 0.1) is 28.1 Å². The van der Waals surface area contributed by atoms with E-state index < -0.39 is 0 Å². The van der Waals surface area contributed by atoms with E-state index in [-0.39, 0.29) is 12.1 Å². The van der Waals surface area contributed by atoms with Crippen LogP contribution in [0.5, 0.6) is 0 Å². The number of nitrogens with two attached hydrogens (primary N) is 1. The molecule has 0 saturated heterocycles. The maximum Gasteiger partial charge on any atom is 0.0905 e. The van der Waals surface area contributed by atoms with Crippen molar-refractivity contribution < 1.29 is 0 Å². The minimum absolute atomic E-state index is 0.234. The van der Waals surface area contributed by atoms with E-state index >= 15 is 0 Å². The molecule has 2 aromatic rings. The summed E-state index contributed by atoms with van der Waals surface area (Å²) in [6.45, 7) is 4.16. The lowest BCUT2D eigenvalue weighted by molar-refractivity contribution is 0.492. The minimum Gasteiger partial charge on any atom is -0.318 e. The fourth-order valence-electron chi connectivity index (χ4n) is 1.88. The molecule has 0 saturated carbocycles. The second-order valence-electron chi connectivity index (χ2n) is 4.27. The fourth-order valence-corrected chi connectivity index (χ4v) is 2.40. The zero-order valence-corrected chi connectivity index (χ0v) is 11.7. The highest BCUT2D eigenvalue weighted by Crippen LogP contribution is 2.28. The highest BCUT2D eigenvalue weighted by atomic mass is 79.9. The topological polar surface area (TPSA) is 61.7 Å². The smallest absolute Gasteiger partial charge is 0.0905 e. The average Bonchev–Trinajstić information content (AvgIpc) is 2.83. The van der Waals surface area contributed by atoms with Crippen molar-refractivity contribution in [3.63, 3.8) is 0 Å². The van der Waals surface area contributed by atoms with Crippen molar-refractivity contribution in [3.8, 4) is 0 Å². The summed E-state index contributed by atoms with van der Waals surface area (Å²) in [5, 5.41) is 8.48. The van der Waals surface area contributed by atoms with Crippen LogP contribution in [0.4, 0.5) is 0 Å². The van der Waals surface area contributed by atoms with Gasteiger partial charge in [-0.2, -0.15) is 10.2 Å². The van der Waals surface area contributed by atoms with Crippen LogP contribution in [0.15, 0.2) is 22.9 Å². The first kappa shape index (κ1) is 12.3. The van der Waals surface area contributed by atoms with Crippen LogP contribution in [-0.4, -0.2) is 19.6 Å². The number of nitrogens with zero attached hydrogens (tertiary/aromatic N) is 4. The van der Waals surface area contributed by atoms with Gasteiger partial charge in [0.15, 0.2) is 0 Å². The monoisotopic (exact) mass is 297 g/mol. The van der Waals surface area contributed by atoms with Crippen molar-refractivity contribution in [1.29, 1.82) is 0 Å². The Labute approximate surface area is 109 Å². The maximum absolute atomic E-state index is 6.29. The maximum atomic E-state index is 6.29. The summed E-state index contributed by atoms with van der Waals surface area (Å²) in [5.74, 6) is 0. The molecule has 17 heavy (non-hydrogen) atoms. The molecule has 1 atom stereocenters. The number of aromatic nitrogens is 4. The number of aryl methyl sites for hydroxylation is 1. The van der Waals surface area contributed by atoms with E-state index in [0.717, 1.165) is 15.9 Å². The van der Waals surface area contributed by atoms with Gasteiger partial charge in [-0.25, -0.2) is 0 Å². The molecule has 6 heteroatoms. The van der Waals surface area contributed by atoms with Gasteiger partial charge in [-0.1, -0.05) is 0 Å². The molecule has 0 bridgehead atoms. The third-order valence-corrected chi connectivity index (χ3v) is 3.36. The molecule has 2 heterocycles. The van der Waals surface area contributed by atoms with Crippen LogP contribution >= 0.6 is 15.9 Å². The first-order valence-corrected chi connectivity index (χ1v) is 6.28. The van der Waals surface area contributed by atoms with Crippen LogP contribution in [0.2, 0.25) is 0 Å². The SMILES string of the molecule is CC(C)n1ncc(Br)c1C(N)c1ccnn1C. The summed E-state index contributed by atoms with van der Waals surface area (Å²) in [5.41, 5.74) is 8.24. The van der Waals surface area contributed by atoms with E-state index in [0.29, 0.717) is 0 Å². The number of halogens is 1. The first-order chi connectivity index (χ1) is 8.02. The molecule has 2 aromatic heterocycles. The number of rotatable bonds is 3. The Morgan fingerprint density at radius 3 is 2.59 bits per heavy atom. The Kier molecular flexibility index (Phi) is 3.35. The number of hydrogen-bond donors (Lipinski definition) is 1. The van der Waals surface area contributed by atoms with Crippen molar-refractivity contribution in [2.75, 3.05) is 0 Å². The van der Waals surface area contributed by atoms with Gasteiger partial charge in [0.25, 0.3) is 0 Å². The Morgan fingerprint density at radius 1 is 1.35 bits per heavy atom. The predicted molar refractivity (Wildman–Crippen MR) is 69.6 cm³/mol. The zero-order chi connectivity index (χ0) is 12.6. The molecule has 0 aliphatic heterocycles. The van der Waals surface area contributed by atoms with Crippen LogP contribution in [0.25, 0.3) is 0 Å². The van der Waals surface area contributed by atoms with Crippen molar-refractivity contribution >= 4 is 15.9 Å². The zero-order valence-electron chi connectivity index (χ0n) is 10.1. The van der Waals surface area contributed by atoms with Crippen molar-refractivity contribution in [2.24, 2.45) is 12.8 Å². The number of hydrogen-bond acceptors (Lipinski definition) is 3. The van der Waals surface area contributed by atoms with Gasteiger partial charge >= 0.3 is 0 Å². The largest absolute Gasteiger partial charge is 0.318 e. The standard InChI is InChI=1S/C11H16BrN5/c1-7(2)17-11(8(12)6-15-17)10(13)9-4-5-14-16(9)3/h4-7,10H,13H2,1-3H3. The summed E-state index contributed by atoms with van der Waals surface area (Å²) < 4.78 is 4.65. The van der Waals surface area contributed by atoms with Gasteiger partial charge in [-0.15, -0.1) is 0 Å². The summed E-state index contributed by atoms with van der Waals surface area (Å²) in [6, 6.07) is 1.96. The lowest BCUT2D eigenvalue weighted by atomic mass is 10.1. The molecule has 92 valence electrons. The fraction of sp³-hybridized carbons (Fsp3) is 0.455. The lowest BCUT2D eigenvalue weighted by Gasteiger charge is -2.17. The second-order valence-corrected chi connectivity index (χ2v) is 5.13. The van der Waals surface area contributed by atoms with Crippen molar-refractivity contribution in [2.45, 2.75) is 25.9 Å². The molecule has 0 spiro atoms. The Morgan fingerprint density at radius 2 is 2.06 bits per heavy atom. The van der Waals surface area contributed by atoms with Gasteiger partial charge in [0.1, 0.15) is 0 Å². The molecule has 0 aromatic carbocycles. The van der Waals surface area contributed by atoms with Gasteiger partial charge in [0.2, 0.25) is 0 Å². The summed E-state index contributed by atoms with van der Waals surface area (Å²) in [7, 11) is 1.89. The van der Waals surface area contributed by atoms with Gasteiger partial charge in [-0.05, 0) is 35.8 Å². The van der Waals surface area contributed by atoms with Crippen LogP contribution in [-0.2, 0) is 7.05 Å². The quantitative estimate of drug-likeness (QED) is 0.943. The third kappa shape index (κ3) is 2.14. The molecule has 0 amide bonds. The molecule has 0 aliphatic rings. The van der Waals surface area contributed by atoms with Crippen molar-refractivity contribution in [3.05, 3.63) is 34.3 Å². The predicted octanol–water partition coefficient (Wildman–Crippen LogP) is 2.01. The highest BCUT2D eigenvalue weighted by Gasteiger charge is 2.21. The van der Waals surface area contributed by atoms with Gasteiger partial charge in [0, 0.05) is 19.3 Å². The van der Waals surface area contributed by atoms with E-state index in [1.165, 1.54) is 0 Å². The Balaban J connectivity index is 2.47. The molecule has 0 radical (unpaired) electrons. The molecular weight excluding hydrogens is 282 g/mol. The molecule has 5 nitrogen and oxygen atoms in total. The van der Waals surface area contributed by atoms with Gasteiger partial charge < -0.3 is 5.73 Å². The van der Waals surface area contributed by atoms with E-state index in [1.807, 2.05) is 17.8 Å². The summed E-state index contributed by atoms with van der Waals surface area (Å²) >= 11 is 3.50. The van der Waals surface area contributed by atoms with Crippen LogP contribution in [0.1, 0.15) is 37.3 Å². The summed E-state index contributed by atoms with van der Waals surface area (Å²) in [4.78, 5) is 0. The summed E-state index contributed by atoms with van der Waals surface area (Å²) in [6.07, 6.45) is 3.53. The third-order valence-electron chi connectivity index (χ3n) is 2.75. The van der Waals surface area contributed by atoms with Crippen LogP contribution < -0.4 is 5.73 Å². The van der Waals surface area contributed by atoms with Crippen LogP contribution in [0.3, 0.4) is 0 Å². The molecule has 0 aliphatic carbocycles. The molecular formula is C11H16BrN5. The second kappa shape index (κ2) is 4.62. The average molecular weight is 298 g/mol. The van der Waals surface area contributed by atoms with Crippen molar-refractivity contribution in [1.82, 2.24) is 19.6 Å². The van der Waals surface area contributed by atoms with Gasteiger partial charge in [-0.3, -0.25) is 9.36 Å². The lowest BCUT2D eigenvalue weighted by Crippen LogP contribution is -2.21. The molecule has 0 fully saturated rings. The first-order valence-electron chi connectivity index (χ1n) is 5.48. The minimum atomic E-state index is -0.234. The van der Waals surface area contributed by atoms with E-state index in [4.69, 9.17) is 5.73 Å². The van der Waals surface area contributed by atoms with E-state index in [1.54, 1.807) is 17.1 Å². The Hall–Kier alpha value is -1.14. The molecule has 2 rings (SSSR count). The Bertz CT molecular complexity index is 514. The normalized spacial score (nSPS) is 13.3. The van der Waals surface area contributed by atoms with E-state index in [9.17, 15) is 0 Å². The molecule has 1 unspecified atom stereocenters. The molecule has 2 N–H and O–H groups in total.